The molecule has 6 nitrogen and oxygen atoms in total. The number of benzene rings is 1. The molecule has 0 aliphatic carbocycles. The predicted molar refractivity (Wildman–Crippen MR) is 100 cm³/mol. The smallest absolute Gasteiger partial charge is 0.254 e. The molecule has 1 aromatic carbocycles. The summed E-state index contributed by atoms with van der Waals surface area (Å²) in [5.74, 6) is 0.430. The third kappa shape index (κ3) is 4.22. The number of nitrogens with one attached hydrogen (secondary N) is 1. The van der Waals surface area contributed by atoms with Gasteiger partial charge in [0.15, 0.2) is 0 Å². The molecular weight excluding hydrogens is 350 g/mol. The van der Waals surface area contributed by atoms with Crippen molar-refractivity contribution >= 4 is 23.2 Å². The first-order valence-corrected chi connectivity index (χ1v) is 9.63. The van der Waals surface area contributed by atoms with Crippen LogP contribution >= 0.6 is 11.3 Å². The van der Waals surface area contributed by atoms with Crippen molar-refractivity contribution in [2.24, 2.45) is 0 Å². The van der Waals surface area contributed by atoms with E-state index in [-0.39, 0.29) is 11.8 Å². The van der Waals surface area contributed by atoms with Crippen LogP contribution < -0.4 is 10.1 Å². The summed E-state index contributed by atoms with van der Waals surface area (Å²) in [5.41, 5.74) is 0.550. The number of hydrogen-bond donors (Lipinski definition) is 1. The number of aromatic nitrogens is 1. The summed E-state index contributed by atoms with van der Waals surface area (Å²) in [6, 6.07) is 6.70. The van der Waals surface area contributed by atoms with Gasteiger partial charge in [-0.15, -0.1) is 11.3 Å². The Labute approximate surface area is 157 Å². The molecule has 1 fully saturated rings. The summed E-state index contributed by atoms with van der Waals surface area (Å²) < 4.78 is 5.47. The van der Waals surface area contributed by atoms with Crippen LogP contribution in [0.5, 0.6) is 5.75 Å². The number of carbonyl (C=O) groups is 2. The Bertz CT molecular complexity index is 790. The minimum absolute atomic E-state index is 0.108. The maximum absolute atomic E-state index is 12.9. The molecule has 1 aliphatic rings. The lowest BCUT2D eigenvalue weighted by atomic mass is 10.1. The van der Waals surface area contributed by atoms with Crippen molar-refractivity contribution in [2.45, 2.75) is 39.3 Å². The maximum Gasteiger partial charge on any atom is 0.254 e. The fourth-order valence-electron chi connectivity index (χ4n) is 3.11. The summed E-state index contributed by atoms with van der Waals surface area (Å²) >= 11 is 1.56. The lowest BCUT2D eigenvalue weighted by Gasteiger charge is -2.24. The number of rotatable bonds is 6. The highest BCUT2D eigenvalue weighted by Crippen LogP contribution is 2.22. The molecule has 1 atom stereocenters. The lowest BCUT2D eigenvalue weighted by Crippen LogP contribution is -2.45. The van der Waals surface area contributed by atoms with Crippen molar-refractivity contribution in [1.82, 2.24) is 15.2 Å². The Balaban J connectivity index is 1.65. The molecule has 1 saturated heterocycles. The second-order valence-electron chi connectivity index (χ2n) is 6.18. The van der Waals surface area contributed by atoms with Gasteiger partial charge in [-0.25, -0.2) is 4.98 Å². The van der Waals surface area contributed by atoms with Crippen molar-refractivity contribution in [1.29, 1.82) is 0 Å². The molecule has 2 heterocycles. The first-order valence-electron chi connectivity index (χ1n) is 8.81. The van der Waals surface area contributed by atoms with Crippen LogP contribution in [0.1, 0.15) is 40.0 Å². The van der Waals surface area contributed by atoms with E-state index in [0.29, 0.717) is 37.4 Å². The first kappa shape index (κ1) is 18.4. The monoisotopic (exact) mass is 373 g/mol. The van der Waals surface area contributed by atoms with Gasteiger partial charge in [0.2, 0.25) is 5.91 Å². The van der Waals surface area contributed by atoms with Crippen LogP contribution in [-0.2, 0) is 11.3 Å². The molecule has 1 unspecified atom stereocenters. The zero-order valence-electron chi connectivity index (χ0n) is 15.0. The minimum Gasteiger partial charge on any atom is -0.494 e. The summed E-state index contributed by atoms with van der Waals surface area (Å²) in [4.78, 5) is 32.3. The fraction of sp³-hybridized carbons (Fsp3) is 0.421. The molecule has 26 heavy (non-hydrogen) atoms. The maximum atomic E-state index is 12.9. The molecule has 7 heteroatoms. The van der Waals surface area contributed by atoms with E-state index >= 15 is 0 Å². The van der Waals surface area contributed by atoms with E-state index in [2.05, 4.69) is 10.3 Å². The van der Waals surface area contributed by atoms with E-state index in [1.165, 1.54) is 0 Å². The average Bonchev–Trinajstić information content (AvgIpc) is 3.28. The summed E-state index contributed by atoms with van der Waals surface area (Å²) in [7, 11) is 0. The van der Waals surface area contributed by atoms with Crippen molar-refractivity contribution in [2.75, 3.05) is 13.2 Å². The van der Waals surface area contributed by atoms with Crippen molar-refractivity contribution < 1.29 is 14.3 Å². The predicted octanol–water partition coefficient (Wildman–Crippen LogP) is 2.77. The van der Waals surface area contributed by atoms with E-state index < -0.39 is 6.04 Å². The Morgan fingerprint density at radius 1 is 1.42 bits per heavy atom. The van der Waals surface area contributed by atoms with Crippen molar-refractivity contribution in [3.8, 4) is 5.75 Å². The third-order valence-corrected chi connectivity index (χ3v) is 5.23. The number of nitrogens with zero attached hydrogens (tertiary/aromatic N) is 2. The molecule has 2 aromatic rings. The number of ether oxygens (including phenoxy) is 1. The average molecular weight is 373 g/mol. The van der Waals surface area contributed by atoms with Crippen LogP contribution in [0, 0.1) is 6.92 Å². The van der Waals surface area contributed by atoms with Gasteiger partial charge in [-0.1, -0.05) is 6.07 Å². The highest BCUT2D eigenvalue weighted by Gasteiger charge is 2.34. The van der Waals surface area contributed by atoms with Gasteiger partial charge in [-0.2, -0.15) is 0 Å². The molecule has 1 aliphatic heterocycles. The van der Waals surface area contributed by atoms with Crippen molar-refractivity contribution in [3.63, 3.8) is 0 Å². The van der Waals surface area contributed by atoms with Gasteiger partial charge in [0.05, 0.1) is 18.2 Å². The standard InChI is InChI=1S/C19H23N3O3S/c1-3-25-15-7-4-6-14(10-15)19(24)22-9-5-8-17(22)18(23)21-12-16-11-20-13(2)26-16/h4,6-7,10-11,17H,3,5,8-9,12H2,1-2H3,(H,21,23). The van der Waals surface area contributed by atoms with E-state index in [9.17, 15) is 9.59 Å². The first-order chi connectivity index (χ1) is 12.6. The number of carbonyl (C=O) groups excluding carboxylic acids is 2. The summed E-state index contributed by atoms with van der Waals surface area (Å²) in [6.45, 7) is 5.42. The Morgan fingerprint density at radius 2 is 2.27 bits per heavy atom. The third-order valence-electron chi connectivity index (χ3n) is 4.31. The number of hydrogen-bond acceptors (Lipinski definition) is 5. The molecule has 3 rings (SSSR count). The summed E-state index contributed by atoms with van der Waals surface area (Å²) in [6.07, 6.45) is 3.29. The summed E-state index contributed by atoms with van der Waals surface area (Å²) in [5, 5.41) is 3.91. The van der Waals surface area contributed by atoms with Gasteiger partial charge in [-0.3, -0.25) is 9.59 Å². The molecule has 0 spiro atoms. The highest BCUT2D eigenvalue weighted by atomic mass is 32.1. The molecule has 0 bridgehead atoms. The SMILES string of the molecule is CCOc1cccc(C(=O)N2CCCC2C(=O)NCc2cnc(C)s2)c1. The highest BCUT2D eigenvalue weighted by molar-refractivity contribution is 7.11. The van der Waals surface area contributed by atoms with Gasteiger partial charge in [-0.05, 0) is 44.9 Å². The number of likely N-dealkylation sites (tertiary alicyclic amines) is 1. The van der Waals surface area contributed by atoms with Gasteiger partial charge in [0, 0.05) is 23.2 Å². The topological polar surface area (TPSA) is 71.5 Å². The van der Waals surface area contributed by atoms with Gasteiger partial charge in [0.1, 0.15) is 11.8 Å². The Morgan fingerprint density at radius 3 is 3.00 bits per heavy atom. The normalized spacial score (nSPS) is 16.5. The van der Waals surface area contributed by atoms with Gasteiger partial charge >= 0.3 is 0 Å². The van der Waals surface area contributed by atoms with E-state index in [1.807, 2.05) is 19.9 Å². The van der Waals surface area contributed by atoms with Crippen LogP contribution in [0.2, 0.25) is 0 Å². The number of aryl methyl sites for hydroxylation is 1. The molecule has 1 aromatic heterocycles. The van der Waals surface area contributed by atoms with Crippen LogP contribution in [0.15, 0.2) is 30.5 Å². The molecular formula is C19H23N3O3S. The zero-order valence-corrected chi connectivity index (χ0v) is 15.8. The quantitative estimate of drug-likeness (QED) is 0.845. The molecule has 138 valence electrons. The minimum atomic E-state index is -0.424. The van der Waals surface area contributed by atoms with Gasteiger partial charge < -0.3 is 15.0 Å². The molecule has 1 N–H and O–H groups in total. The molecule has 2 amide bonds. The van der Waals surface area contributed by atoms with Gasteiger partial charge in [0.25, 0.3) is 5.91 Å². The van der Waals surface area contributed by atoms with Crippen LogP contribution in [0.25, 0.3) is 0 Å². The Hall–Kier alpha value is -2.41. The zero-order chi connectivity index (χ0) is 18.5. The molecule has 0 saturated carbocycles. The van der Waals surface area contributed by atoms with Crippen LogP contribution in [-0.4, -0.2) is 40.9 Å². The van der Waals surface area contributed by atoms with Crippen LogP contribution in [0.3, 0.4) is 0 Å². The largest absolute Gasteiger partial charge is 0.494 e. The second kappa shape index (κ2) is 8.31. The molecule has 0 radical (unpaired) electrons. The number of amides is 2. The lowest BCUT2D eigenvalue weighted by molar-refractivity contribution is -0.125. The van der Waals surface area contributed by atoms with E-state index in [4.69, 9.17) is 4.74 Å². The van der Waals surface area contributed by atoms with Crippen molar-refractivity contribution in [3.05, 3.63) is 45.9 Å². The fourth-order valence-corrected chi connectivity index (χ4v) is 3.85. The van der Waals surface area contributed by atoms with E-state index in [0.717, 1.165) is 16.3 Å². The van der Waals surface area contributed by atoms with E-state index in [1.54, 1.807) is 40.6 Å². The number of thiazole rings is 1. The van der Waals surface area contributed by atoms with Crippen LogP contribution in [0.4, 0.5) is 0 Å². The second-order valence-corrected chi connectivity index (χ2v) is 7.50. The Kier molecular flexibility index (Phi) is 5.88.